The zero-order valence-corrected chi connectivity index (χ0v) is 25.1. The normalized spacial score (nSPS) is 18.7. The molecule has 0 saturated carbocycles. The highest BCUT2D eigenvalue weighted by Crippen LogP contribution is 2.29. The highest BCUT2D eigenvalue weighted by Gasteiger charge is 2.32. The largest absolute Gasteiger partial charge is 0.492 e. The Balaban J connectivity index is 1.07. The van der Waals surface area contributed by atoms with Gasteiger partial charge in [0.05, 0.1) is 10.6 Å². The third-order valence-electron chi connectivity index (χ3n) is 8.02. The molecule has 7 nitrogen and oxygen atoms in total. The van der Waals surface area contributed by atoms with Crippen LogP contribution in [0.2, 0.25) is 10.0 Å². The summed E-state index contributed by atoms with van der Waals surface area (Å²) in [5.41, 5.74) is 0.766. The minimum Gasteiger partial charge on any atom is -0.492 e. The summed E-state index contributed by atoms with van der Waals surface area (Å²) in [5, 5.41) is 3.81. The first-order valence-electron chi connectivity index (χ1n) is 14.3. The van der Waals surface area contributed by atoms with Gasteiger partial charge in [0.15, 0.2) is 11.6 Å². The van der Waals surface area contributed by atoms with Crippen LogP contribution in [-0.2, 0) is 6.54 Å². The second-order valence-electron chi connectivity index (χ2n) is 10.9. The number of piperidine rings is 1. The van der Waals surface area contributed by atoms with Crippen molar-refractivity contribution in [3.63, 3.8) is 0 Å². The lowest BCUT2D eigenvalue weighted by Gasteiger charge is -2.46. The Morgan fingerprint density at radius 1 is 1.02 bits per heavy atom. The molecule has 1 atom stereocenters. The number of amides is 1. The Hall–Kier alpha value is -2.98. The van der Waals surface area contributed by atoms with Crippen LogP contribution in [-0.4, -0.2) is 78.7 Å². The first-order chi connectivity index (χ1) is 20.3. The van der Waals surface area contributed by atoms with E-state index in [1.54, 1.807) is 6.07 Å². The lowest BCUT2D eigenvalue weighted by atomic mass is 10.00. The van der Waals surface area contributed by atoms with E-state index in [2.05, 4.69) is 31.9 Å². The molecule has 1 N–H and O–H groups in total. The van der Waals surface area contributed by atoms with Crippen LogP contribution >= 0.6 is 23.2 Å². The summed E-state index contributed by atoms with van der Waals surface area (Å²) < 4.78 is 32.5. The standard InChI is InChI=1S/C31H35Cl2F2N5O2/c1-21-20-39(30-27(33)17-23(19-36-30)31(41)37-18-22-2-7-28(34)29(35)16-22)12-13-40(21)25-8-10-38(11-9-25)14-15-42-26-5-3-24(32)4-6-26/h2-7,16-17,19,21,25H,8-15,18,20H2,1H3,(H,37,41)/t21-/m0/s1. The maximum Gasteiger partial charge on any atom is 0.253 e. The molecular formula is C31H35Cl2F2N5O2. The summed E-state index contributed by atoms with van der Waals surface area (Å²) in [6, 6.07) is 13.5. The monoisotopic (exact) mass is 617 g/mol. The molecule has 2 saturated heterocycles. The van der Waals surface area contributed by atoms with E-state index in [0.717, 1.165) is 70.0 Å². The number of carbonyl (C=O) groups is 1. The van der Waals surface area contributed by atoms with Gasteiger partial charge in [-0.2, -0.15) is 0 Å². The van der Waals surface area contributed by atoms with Gasteiger partial charge in [-0.15, -0.1) is 0 Å². The summed E-state index contributed by atoms with van der Waals surface area (Å²) in [6.07, 6.45) is 3.75. The van der Waals surface area contributed by atoms with Crippen molar-refractivity contribution in [1.29, 1.82) is 0 Å². The molecule has 1 amide bonds. The van der Waals surface area contributed by atoms with Gasteiger partial charge in [0.1, 0.15) is 18.2 Å². The van der Waals surface area contributed by atoms with Crippen LogP contribution in [0.15, 0.2) is 54.7 Å². The molecule has 2 fully saturated rings. The predicted octanol–water partition coefficient (Wildman–Crippen LogP) is 5.65. The second kappa shape index (κ2) is 14.0. The topological polar surface area (TPSA) is 60.9 Å². The Kier molecular flexibility index (Phi) is 10.2. The van der Waals surface area contributed by atoms with Crippen LogP contribution in [0, 0.1) is 11.6 Å². The van der Waals surface area contributed by atoms with Crippen LogP contribution in [0.25, 0.3) is 0 Å². The minimum atomic E-state index is -0.952. The van der Waals surface area contributed by atoms with E-state index in [0.29, 0.717) is 45.7 Å². The number of pyridine rings is 1. The van der Waals surface area contributed by atoms with Gasteiger partial charge < -0.3 is 15.0 Å². The number of piperazine rings is 1. The number of aromatic nitrogens is 1. The number of benzene rings is 2. The predicted molar refractivity (Wildman–Crippen MR) is 162 cm³/mol. The molecule has 0 radical (unpaired) electrons. The van der Waals surface area contributed by atoms with E-state index in [1.807, 2.05) is 24.3 Å². The SMILES string of the molecule is C[C@H]1CN(c2ncc(C(=O)NCc3ccc(F)c(F)c3)cc2Cl)CCN1C1CCN(CCOc2ccc(Cl)cc2)CC1. The number of carbonyl (C=O) groups excluding carboxylic acids is 1. The van der Waals surface area contributed by atoms with Crippen molar-refractivity contribution in [1.82, 2.24) is 20.1 Å². The van der Waals surface area contributed by atoms with Crippen molar-refractivity contribution < 1.29 is 18.3 Å². The van der Waals surface area contributed by atoms with E-state index in [4.69, 9.17) is 27.9 Å². The summed E-state index contributed by atoms with van der Waals surface area (Å²) in [5.74, 6) is -0.762. The quantitative estimate of drug-likeness (QED) is 0.335. The van der Waals surface area contributed by atoms with Gasteiger partial charge in [-0.3, -0.25) is 14.6 Å². The highest BCUT2D eigenvalue weighted by molar-refractivity contribution is 6.33. The molecule has 0 aliphatic carbocycles. The zero-order chi connectivity index (χ0) is 29.6. The molecule has 5 rings (SSSR count). The minimum absolute atomic E-state index is 0.0605. The number of nitrogens with one attached hydrogen (secondary N) is 1. The Morgan fingerprint density at radius 2 is 1.79 bits per heavy atom. The maximum atomic E-state index is 13.4. The molecule has 2 aromatic carbocycles. The van der Waals surface area contributed by atoms with Crippen molar-refractivity contribution in [3.05, 3.63) is 87.5 Å². The van der Waals surface area contributed by atoms with E-state index in [1.165, 1.54) is 12.3 Å². The number of ether oxygens (including phenoxy) is 1. The summed E-state index contributed by atoms with van der Waals surface area (Å²) in [4.78, 5) is 24.4. The van der Waals surface area contributed by atoms with Crippen molar-refractivity contribution in [2.24, 2.45) is 0 Å². The number of likely N-dealkylation sites (tertiary alicyclic amines) is 1. The fourth-order valence-corrected chi connectivity index (χ4v) is 6.14. The number of hydrogen-bond donors (Lipinski definition) is 1. The summed E-state index contributed by atoms with van der Waals surface area (Å²) in [7, 11) is 0. The van der Waals surface area contributed by atoms with Crippen molar-refractivity contribution in [2.45, 2.75) is 38.4 Å². The van der Waals surface area contributed by atoms with E-state index in [9.17, 15) is 13.6 Å². The molecule has 42 heavy (non-hydrogen) atoms. The van der Waals surface area contributed by atoms with Gasteiger partial charge >= 0.3 is 0 Å². The molecule has 2 aliphatic rings. The summed E-state index contributed by atoms with van der Waals surface area (Å²) >= 11 is 12.5. The molecule has 0 bridgehead atoms. The Bertz CT molecular complexity index is 1370. The van der Waals surface area contributed by atoms with Crippen LogP contribution in [0.5, 0.6) is 5.75 Å². The number of halogens is 4. The Labute approximate surface area is 255 Å². The highest BCUT2D eigenvalue weighted by atomic mass is 35.5. The van der Waals surface area contributed by atoms with Crippen molar-refractivity contribution in [3.8, 4) is 5.75 Å². The van der Waals surface area contributed by atoms with Gasteiger partial charge in [0.2, 0.25) is 0 Å². The number of rotatable bonds is 9. The molecular weight excluding hydrogens is 583 g/mol. The average molecular weight is 619 g/mol. The third-order valence-corrected chi connectivity index (χ3v) is 8.55. The van der Waals surface area contributed by atoms with E-state index in [-0.39, 0.29) is 12.5 Å². The van der Waals surface area contributed by atoms with Gasteiger partial charge in [-0.25, -0.2) is 13.8 Å². The molecule has 0 unspecified atom stereocenters. The molecule has 3 aromatic rings. The first-order valence-corrected chi connectivity index (χ1v) is 15.0. The van der Waals surface area contributed by atoms with E-state index >= 15 is 0 Å². The zero-order valence-electron chi connectivity index (χ0n) is 23.5. The first kappa shape index (κ1) is 30.5. The lowest BCUT2D eigenvalue weighted by Crippen LogP contribution is -2.57. The fourth-order valence-electron chi connectivity index (χ4n) is 5.73. The van der Waals surface area contributed by atoms with Crippen LogP contribution in [0.4, 0.5) is 14.6 Å². The molecule has 3 heterocycles. The smallest absolute Gasteiger partial charge is 0.253 e. The van der Waals surface area contributed by atoms with Gasteiger partial charge in [0, 0.05) is 56.0 Å². The fraction of sp³-hybridized carbons (Fsp3) is 0.419. The van der Waals surface area contributed by atoms with Crippen LogP contribution in [0.1, 0.15) is 35.7 Å². The summed E-state index contributed by atoms with van der Waals surface area (Å²) in [6.45, 7) is 8.48. The van der Waals surface area contributed by atoms with Crippen LogP contribution < -0.4 is 15.0 Å². The molecule has 11 heteroatoms. The molecule has 0 spiro atoms. The Morgan fingerprint density at radius 3 is 2.48 bits per heavy atom. The second-order valence-corrected chi connectivity index (χ2v) is 11.7. The molecule has 224 valence electrons. The average Bonchev–Trinajstić information content (AvgIpc) is 2.99. The van der Waals surface area contributed by atoms with Crippen molar-refractivity contribution in [2.75, 3.05) is 50.8 Å². The number of anilines is 1. The van der Waals surface area contributed by atoms with Gasteiger partial charge in [0.25, 0.3) is 5.91 Å². The number of nitrogens with zero attached hydrogens (tertiary/aromatic N) is 4. The van der Waals surface area contributed by atoms with Gasteiger partial charge in [-0.1, -0.05) is 29.3 Å². The van der Waals surface area contributed by atoms with Gasteiger partial charge in [-0.05, 0) is 80.9 Å². The number of hydrogen-bond acceptors (Lipinski definition) is 6. The van der Waals surface area contributed by atoms with Crippen molar-refractivity contribution >= 4 is 34.9 Å². The van der Waals surface area contributed by atoms with Crippen LogP contribution in [0.3, 0.4) is 0 Å². The maximum absolute atomic E-state index is 13.4. The lowest BCUT2D eigenvalue weighted by molar-refractivity contribution is 0.0667. The molecule has 2 aliphatic heterocycles. The van der Waals surface area contributed by atoms with E-state index < -0.39 is 11.6 Å². The third kappa shape index (κ3) is 7.69. The molecule has 1 aromatic heterocycles.